The van der Waals surface area contributed by atoms with Crippen LogP contribution in [0, 0.1) is 5.92 Å². The lowest BCUT2D eigenvalue weighted by Gasteiger charge is -2.21. The molecule has 1 aliphatic carbocycles. The third-order valence-electron chi connectivity index (χ3n) is 3.98. The molecule has 1 aromatic carbocycles. The van der Waals surface area contributed by atoms with Gasteiger partial charge in [0.05, 0.1) is 20.3 Å². The third-order valence-corrected chi connectivity index (χ3v) is 3.98. The summed E-state index contributed by atoms with van der Waals surface area (Å²) in [5, 5.41) is 10.4. The van der Waals surface area contributed by atoms with E-state index in [9.17, 15) is 5.11 Å². The van der Waals surface area contributed by atoms with Gasteiger partial charge < -0.3 is 19.5 Å². The molecule has 0 spiro atoms. The van der Waals surface area contributed by atoms with Crippen molar-refractivity contribution < 1.29 is 14.6 Å². The summed E-state index contributed by atoms with van der Waals surface area (Å²) in [6.45, 7) is 4.02. The van der Waals surface area contributed by atoms with E-state index in [0.29, 0.717) is 5.75 Å². The average molecular weight is 265 g/mol. The van der Waals surface area contributed by atoms with Crippen LogP contribution in [0.2, 0.25) is 0 Å². The Hall–Kier alpha value is -1.26. The van der Waals surface area contributed by atoms with Crippen LogP contribution < -0.4 is 9.47 Å². The summed E-state index contributed by atoms with van der Waals surface area (Å²) >= 11 is 0. The standard InChI is InChI=1S/C15H23NO3/c1-5-16(2)9-11-6-10-7-13(18-3)14(19-4)8-12(10)15(11)17/h7-8,11,15,17H,5-6,9H2,1-4H3/t11-,15+/m1/s1. The van der Waals surface area contributed by atoms with Gasteiger partial charge in [-0.1, -0.05) is 6.92 Å². The Morgan fingerprint density at radius 1 is 1.26 bits per heavy atom. The molecule has 4 heteroatoms. The molecule has 0 saturated carbocycles. The maximum Gasteiger partial charge on any atom is 0.161 e. The van der Waals surface area contributed by atoms with Gasteiger partial charge in [0, 0.05) is 12.5 Å². The molecular formula is C15H23NO3. The zero-order valence-corrected chi connectivity index (χ0v) is 12.1. The van der Waals surface area contributed by atoms with Gasteiger partial charge in [0.25, 0.3) is 0 Å². The van der Waals surface area contributed by atoms with Crippen LogP contribution in [0.3, 0.4) is 0 Å². The number of benzene rings is 1. The minimum absolute atomic E-state index is 0.247. The Labute approximate surface area is 114 Å². The van der Waals surface area contributed by atoms with Crippen LogP contribution in [0.1, 0.15) is 24.2 Å². The molecule has 106 valence electrons. The van der Waals surface area contributed by atoms with Crippen molar-refractivity contribution in [3.05, 3.63) is 23.3 Å². The fourth-order valence-corrected chi connectivity index (χ4v) is 2.73. The van der Waals surface area contributed by atoms with E-state index in [2.05, 4.69) is 18.9 Å². The molecule has 2 rings (SSSR count). The normalized spacial score (nSPS) is 21.6. The first-order valence-electron chi connectivity index (χ1n) is 6.72. The summed E-state index contributed by atoms with van der Waals surface area (Å²) < 4.78 is 10.6. The molecule has 1 N–H and O–H groups in total. The molecule has 0 saturated heterocycles. The highest BCUT2D eigenvalue weighted by Gasteiger charge is 2.32. The van der Waals surface area contributed by atoms with E-state index in [1.54, 1.807) is 14.2 Å². The summed E-state index contributed by atoms with van der Waals surface area (Å²) in [5.74, 6) is 1.67. The smallest absolute Gasteiger partial charge is 0.161 e. The molecule has 1 aromatic rings. The van der Waals surface area contributed by atoms with Gasteiger partial charge in [-0.05, 0) is 43.3 Å². The van der Waals surface area contributed by atoms with Crippen molar-refractivity contribution in [3.8, 4) is 11.5 Å². The van der Waals surface area contributed by atoms with Crippen molar-refractivity contribution in [2.24, 2.45) is 5.92 Å². The maximum absolute atomic E-state index is 10.4. The molecule has 0 heterocycles. The Balaban J connectivity index is 2.25. The molecule has 0 unspecified atom stereocenters. The van der Waals surface area contributed by atoms with E-state index in [-0.39, 0.29) is 5.92 Å². The van der Waals surface area contributed by atoms with Crippen molar-refractivity contribution in [2.75, 3.05) is 34.4 Å². The minimum atomic E-state index is -0.413. The van der Waals surface area contributed by atoms with Crippen molar-refractivity contribution in [1.82, 2.24) is 4.90 Å². The third kappa shape index (κ3) is 2.69. The number of rotatable bonds is 5. The molecule has 0 aliphatic heterocycles. The lowest BCUT2D eigenvalue weighted by molar-refractivity contribution is 0.101. The predicted molar refractivity (Wildman–Crippen MR) is 74.9 cm³/mol. The summed E-state index contributed by atoms with van der Waals surface area (Å²) in [6.07, 6.45) is 0.477. The van der Waals surface area contributed by atoms with E-state index in [0.717, 1.165) is 30.8 Å². The number of ether oxygens (including phenoxy) is 2. The highest BCUT2D eigenvalue weighted by Crippen LogP contribution is 2.42. The SMILES string of the molecule is CCN(C)C[C@H]1Cc2cc(OC)c(OC)cc2[C@H]1O. The highest BCUT2D eigenvalue weighted by atomic mass is 16.5. The van der Waals surface area contributed by atoms with Gasteiger partial charge in [0.1, 0.15) is 0 Å². The van der Waals surface area contributed by atoms with Crippen LogP contribution in [0.4, 0.5) is 0 Å². The monoisotopic (exact) mass is 265 g/mol. The lowest BCUT2D eigenvalue weighted by atomic mass is 10.0. The summed E-state index contributed by atoms with van der Waals surface area (Å²) in [6, 6.07) is 3.90. The molecule has 0 bridgehead atoms. The number of aliphatic hydroxyl groups excluding tert-OH is 1. The largest absolute Gasteiger partial charge is 0.493 e. The number of hydrogen-bond donors (Lipinski definition) is 1. The first-order valence-corrected chi connectivity index (χ1v) is 6.72. The number of nitrogens with zero attached hydrogens (tertiary/aromatic N) is 1. The number of fused-ring (bicyclic) bond motifs is 1. The second-order valence-electron chi connectivity index (χ2n) is 5.17. The Morgan fingerprint density at radius 3 is 2.47 bits per heavy atom. The van der Waals surface area contributed by atoms with E-state index < -0.39 is 6.10 Å². The van der Waals surface area contributed by atoms with E-state index in [1.807, 2.05) is 12.1 Å². The first-order chi connectivity index (χ1) is 9.10. The minimum Gasteiger partial charge on any atom is -0.493 e. The molecule has 0 aromatic heterocycles. The molecule has 4 nitrogen and oxygen atoms in total. The summed E-state index contributed by atoms with van der Waals surface area (Å²) in [4.78, 5) is 2.23. The molecule has 1 aliphatic rings. The van der Waals surface area contributed by atoms with Gasteiger partial charge in [-0.25, -0.2) is 0 Å². The molecule has 0 radical (unpaired) electrons. The summed E-state index contributed by atoms with van der Waals surface area (Å²) in [5.41, 5.74) is 2.15. The quantitative estimate of drug-likeness (QED) is 0.882. The van der Waals surface area contributed by atoms with Crippen molar-refractivity contribution in [2.45, 2.75) is 19.4 Å². The zero-order valence-electron chi connectivity index (χ0n) is 12.1. The van der Waals surface area contributed by atoms with E-state index >= 15 is 0 Å². The maximum atomic E-state index is 10.4. The van der Waals surface area contributed by atoms with Crippen molar-refractivity contribution in [1.29, 1.82) is 0 Å². The average Bonchev–Trinajstić information content (AvgIpc) is 2.73. The molecule has 19 heavy (non-hydrogen) atoms. The van der Waals surface area contributed by atoms with E-state index in [1.165, 1.54) is 5.56 Å². The van der Waals surface area contributed by atoms with Crippen LogP contribution >= 0.6 is 0 Å². The van der Waals surface area contributed by atoms with E-state index in [4.69, 9.17) is 9.47 Å². The van der Waals surface area contributed by atoms with Crippen molar-refractivity contribution >= 4 is 0 Å². The van der Waals surface area contributed by atoms with Crippen LogP contribution in [-0.4, -0.2) is 44.4 Å². The highest BCUT2D eigenvalue weighted by molar-refractivity contribution is 5.50. The Morgan fingerprint density at radius 2 is 1.89 bits per heavy atom. The number of aliphatic hydroxyl groups is 1. The van der Waals surface area contributed by atoms with Gasteiger partial charge in [-0.15, -0.1) is 0 Å². The van der Waals surface area contributed by atoms with Crippen molar-refractivity contribution in [3.63, 3.8) is 0 Å². The van der Waals surface area contributed by atoms with Gasteiger partial charge in [0.2, 0.25) is 0 Å². The molecule has 0 fully saturated rings. The van der Waals surface area contributed by atoms with Gasteiger partial charge in [-0.3, -0.25) is 0 Å². The molecule has 0 amide bonds. The molecule has 2 atom stereocenters. The van der Waals surface area contributed by atoms with Crippen LogP contribution in [0.15, 0.2) is 12.1 Å². The second-order valence-corrected chi connectivity index (χ2v) is 5.17. The van der Waals surface area contributed by atoms with Gasteiger partial charge >= 0.3 is 0 Å². The number of hydrogen-bond acceptors (Lipinski definition) is 4. The Kier molecular flexibility index (Phi) is 4.32. The Bertz CT molecular complexity index is 447. The fraction of sp³-hybridized carbons (Fsp3) is 0.600. The predicted octanol–water partition coefficient (Wildman–Crippen LogP) is 1.86. The summed E-state index contributed by atoms with van der Waals surface area (Å²) in [7, 11) is 5.34. The fourth-order valence-electron chi connectivity index (χ4n) is 2.73. The first kappa shape index (κ1) is 14.2. The van der Waals surface area contributed by atoms with Crippen LogP contribution in [-0.2, 0) is 6.42 Å². The topological polar surface area (TPSA) is 41.9 Å². The van der Waals surface area contributed by atoms with Gasteiger partial charge in [0.15, 0.2) is 11.5 Å². The lowest BCUT2D eigenvalue weighted by Crippen LogP contribution is -2.27. The van der Waals surface area contributed by atoms with Gasteiger partial charge in [-0.2, -0.15) is 0 Å². The van der Waals surface area contributed by atoms with Crippen LogP contribution in [0.25, 0.3) is 0 Å². The van der Waals surface area contributed by atoms with Crippen LogP contribution in [0.5, 0.6) is 11.5 Å². The molecular weight excluding hydrogens is 242 g/mol. The number of methoxy groups -OCH3 is 2. The second kappa shape index (κ2) is 5.80. The zero-order chi connectivity index (χ0) is 14.0.